The van der Waals surface area contributed by atoms with Crippen LogP contribution in [0.1, 0.15) is 5.56 Å². The molecule has 2 aromatic carbocycles. The zero-order valence-electron chi connectivity index (χ0n) is 13.9. The SMILES string of the molecule is O=S(=O)(c1ccccc1Cl)N1CCN(C/C=C/c2ccccc2)CC1. The van der Waals surface area contributed by atoms with Gasteiger partial charge in [-0.1, -0.05) is 66.2 Å². The Morgan fingerprint density at radius 1 is 0.920 bits per heavy atom. The van der Waals surface area contributed by atoms with E-state index in [4.69, 9.17) is 11.6 Å². The first kappa shape index (κ1) is 18.1. The molecule has 1 heterocycles. The summed E-state index contributed by atoms with van der Waals surface area (Å²) in [5, 5.41) is 0.274. The molecule has 2 aromatic rings. The fourth-order valence-electron chi connectivity index (χ4n) is 2.85. The Morgan fingerprint density at radius 3 is 2.24 bits per heavy atom. The molecule has 132 valence electrons. The van der Waals surface area contributed by atoms with E-state index in [-0.39, 0.29) is 9.92 Å². The lowest BCUT2D eigenvalue weighted by atomic mass is 10.2. The summed E-state index contributed by atoms with van der Waals surface area (Å²) < 4.78 is 27.0. The van der Waals surface area contributed by atoms with Crippen LogP contribution in [-0.4, -0.2) is 50.3 Å². The van der Waals surface area contributed by atoms with Gasteiger partial charge in [-0.25, -0.2) is 8.42 Å². The highest BCUT2D eigenvalue weighted by Crippen LogP contribution is 2.24. The number of rotatable bonds is 5. The zero-order valence-corrected chi connectivity index (χ0v) is 15.5. The Labute approximate surface area is 154 Å². The van der Waals surface area contributed by atoms with Crippen molar-refractivity contribution >= 4 is 27.7 Å². The van der Waals surface area contributed by atoms with Gasteiger partial charge in [0.1, 0.15) is 4.90 Å². The normalized spacial score (nSPS) is 17.2. The van der Waals surface area contributed by atoms with Gasteiger partial charge in [0.25, 0.3) is 0 Å². The number of sulfonamides is 1. The van der Waals surface area contributed by atoms with E-state index in [9.17, 15) is 8.42 Å². The molecule has 0 radical (unpaired) electrons. The number of hydrogen-bond acceptors (Lipinski definition) is 3. The van der Waals surface area contributed by atoms with Crippen molar-refractivity contribution in [1.29, 1.82) is 0 Å². The minimum Gasteiger partial charge on any atom is -0.297 e. The zero-order chi connectivity index (χ0) is 17.7. The molecule has 0 amide bonds. The van der Waals surface area contributed by atoms with Crippen LogP contribution < -0.4 is 0 Å². The molecule has 0 unspecified atom stereocenters. The van der Waals surface area contributed by atoms with Gasteiger partial charge in [-0.2, -0.15) is 4.31 Å². The third kappa shape index (κ3) is 4.50. The van der Waals surface area contributed by atoms with Crippen LogP contribution in [-0.2, 0) is 10.0 Å². The summed E-state index contributed by atoms with van der Waals surface area (Å²) >= 11 is 6.06. The fourth-order valence-corrected chi connectivity index (χ4v) is 4.76. The van der Waals surface area contributed by atoms with Crippen LogP contribution in [0.3, 0.4) is 0 Å². The molecule has 3 rings (SSSR count). The van der Waals surface area contributed by atoms with Crippen molar-refractivity contribution in [1.82, 2.24) is 9.21 Å². The minimum atomic E-state index is -3.52. The van der Waals surface area contributed by atoms with Crippen molar-refractivity contribution in [3.63, 3.8) is 0 Å². The Balaban J connectivity index is 1.57. The van der Waals surface area contributed by atoms with Gasteiger partial charge in [0.05, 0.1) is 5.02 Å². The molecular formula is C19H21ClN2O2S. The van der Waals surface area contributed by atoms with Crippen LogP contribution in [0.15, 0.2) is 65.6 Å². The summed E-state index contributed by atoms with van der Waals surface area (Å²) in [6.45, 7) is 3.19. The summed E-state index contributed by atoms with van der Waals surface area (Å²) in [6, 6.07) is 16.7. The first-order valence-corrected chi connectivity index (χ1v) is 10.1. The summed E-state index contributed by atoms with van der Waals surface area (Å²) in [6.07, 6.45) is 4.21. The highest BCUT2D eigenvalue weighted by molar-refractivity contribution is 7.89. The fraction of sp³-hybridized carbons (Fsp3) is 0.263. The molecule has 1 fully saturated rings. The van der Waals surface area contributed by atoms with Crippen LogP contribution in [0.25, 0.3) is 6.08 Å². The smallest absolute Gasteiger partial charge is 0.244 e. The number of benzene rings is 2. The van der Waals surface area contributed by atoms with E-state index in [1.807, 2.05) is 18.2 Å². The molecular weight excluding hydrogens is 356 g/mol. The summed E-state index contributed by atoms with van der Waals surface area (Å²) in [7, 11) is -3.52. The highest BCUT2D eigenvalue weighted by atomic mass is 35.5. The van der Waals surface area contributed by atoms with Gasteiger partial charge < -0.3 is 0 Å². The molecule has 0 bridgehead atoms. The quantitative estimate of drug-likeness (QED) is 0.803. The lowest BCUT2D eigenvalue weighted by Gasteiger charge is -2.33. The van der Waals surface area contributed by atoms with Crippen molar-refractivity contribution in [3.05, 3.63) is 71.3 Å². The Hall–Kier alpha value is -1.66. The maximum absolute atomic E-state index is 12.7. The number of halogens is 1. The van der Waals surface area contributed by atoms with Gasteiger partial charge in [-0.05, 0) is 17.7 Å². The summed E-state index contributed by atoms with van der Waals surface area (Å²) in [5.41, 5.74) is 1.17. The summed E-state index contributed by atoms with van der Waals surface area (Å²) in [5.74, 6) is 0. The maximum atomic E-state index is 12.7. The van der Waals surface area contributed by atoms with E-state index >= 15 is 0 Å². The predicted octanol–water partition coefficient (Wildman–Crippen LogP) is 3.36. The molecule has 0 saturated carbocycles. The standard InChI is InChI=1S/C19H21ClN2O2S/c20-18-10-4-5-11-19(18)25(23,24)22-15-13-21(14-16-22)12-6-9-17-7-2-1-3-8-17/h1-11H,12-16H2/b9-6+. The number of nitrogens with zero attached hydrogens (tertiary/aromatic N) is 2. The minimum absolute atomic E-state index is 0.189. The number of piperazine rings is 1. The van der Waals surface area contributed by atoms with E-state index in [0.29, 0.717) is 26.2 Å². The second kappa shape index (κ2) is 8.15. The second-order valence-electron chi connectivity index (χ2n) is 5.95. The van der Waals surface area contributed by atoms with E-state index in [0.717, 1.165) is 6.54 Å². The van der Waals surface area contributed by atoms with Crippen LogP contribution in [0.4, 0.5) is 0 Å². The third-order valence-electron chi connectivity index (χ3n) is 4.26. The van der Waals surface area contributed by atoms with Crippen molar-refractivity contribution in [2.24, 2.45) is 0 Å². The third-order valence-corrected chi connectivity index (χ3v) is 6.66. The van der Waals surface area contributed by atoms with Gasteiger partial charge in [0.15, 0.2) is 0 Å². The maximum Gasteiger partial charge on any atom is 0.244 e. The lowest BCUT2D eigenvalue weighted by molar-refractivity contribution is 0.204. The van der Waals surface area contributed by atoms with E-state index in [1.54, 1.807) is 24.3 Å². The van der Waals surface area contributed by atoms with Gasteiger partial charge in [-0.15, -0.1) is 0 Å². The molecule has 0 N–H and O–H groups in total. The first-order valence-electron chi connectivity index (χ1n) is 8.26. The Bertz CT molecular complexity index is 830. The molecule has 0 aliphatic carbocycles. The highest BCUT2D eigenvalue weighted by Gasteiger charge is 2.29. The topological polar surface area (TPSA) is 40.6 Å². The van der Waals surface area contributed by atoms with Crippen LogP contribution in [0.2, 0.25) is 5.02 Å². The Kier molecular flexibility index (Phi) is 5.91. The van der Waals surface area contributed by atoms with Crippen LogP contribution >= 0.6 is 11.6 Å². The Morgan fingerprint density at radius 2 is 1.56 bits per heavy atom. The monoisotopic (exact) mass is 376 g/mol. The molecule has 0 atom stereocenters. The van der Waals surface area contributed by atoms with Gasteiger partial charge in [0, 0.05) is 32.7 Å². The average molecular weight is 377 g/mol. The van der Waals surface area contributed by atoms with Crippen molar-refractivity contribution in [3.8, 4) is 0 Å². The average Bonchev–Trinajstić information content (AvgIpc) is 2.63. The van der Waals surface area contributed by atoms with Crippen LogP contribution in [0, 0.1) is 0 Å². The molecule has 0 spiro atoms. The predicted molar refractivity (Wildman–Crippen MR) is 102 cm³/mol. The van der Waals surface area contributed by atoms with Crippen molar-refractivity contribution in [2.45, 2.75) is 4.90 Å². The van der Waals surface area contributed by atoms with Gasteiger partial charge in [0.2, 0.25) is 10.0 Å². The second-order valence-corrected chi connectivity index (χ2v) is 8.26. The van der Waals surface area contributed by atoms with Gasteiger partial charge in [-0.3, -0.25) is 4.90 Å². The van der Waals surface area contributed by atoms with E-state index in [2.05, 4.69) is 29.2 Å². The molecule has 1 saturated heterocycles. The largest absolute Gasteiger partial charge is 0.297 e. The molecule has 0 aromatic heterocycles. The van der Waals surface area contributed by atoms with E-state index < -0.39 is 10.0 Å². The van der Waals surface area contributed by atoms with Crippen LogP contribution in [0.5, 0.6) is 0 Å². The first-order chi connectivity index (χ1) is 12.1. The molecule has 1 aliphatic rings. The van der Waals surface area contributed by atoms with Crippen molar-refractivity contribution in [2.75, 3.05) is 32.7 Å². The van der Waals surface area contributed by atoms with Gasteiger partial charge >= 0.3 is 0 Å². The molecule has 4 nitrogen and oxygen atoms in total. The van der Waals surface area contributed by atoms with E-state index in [1.165, 1.54) is 9.87 Å². The number of hydrogen-bond donors (Lipinski definition) is 0. The summed E-state index contributed by atoms with van der Waals surface area (Å²) in [4.78, 5) is 2.44. The molecule has 1 aliphatic heterocycles. The molecule has 6 heteroatoms. The lowest BCUT2D eigenvalue weighted by Crippen LogP contribution is -2.48. The molecule has 25 heavy (non-hydrogen) atoms. The van der Waals surface area contributed by atoms with Crippen molar-refractivity contribution < 1.29 is 8.42 Å².